The van der Waals surface area contributed by atoms with E-state index in [-0.39, 0.29) is 16.5 Å². The minimum absolute atomic E-state index is 0.172. The van der Waals surface area contributed by atoms with E-state index in [0.717, 1.165) is 19.3 Å². The molecule has 4 N–H and O–H groups in total. The molecule has 0 aliphatic heterocycles. The average Bonchev–Trinajstić information content (AvgIpc) is 2.73. The standard InChI is InChI=1S/C25H44N2O4S/c1-3-4-5-6-7-8-9-10-11-12-13-14-15-16-17-18-25(28)27-24-20-22(32(29,30)31)19-23(26)21(24)2/h19-20H,3-18,26H2,1-2H3,(H,27,28)(H,29,30,31). The number of nitrogens with one attached hydrogen (secondary N) is 1. The number of anilines is 2. The van der Waals surface area contributed by atoms with Crippen molar-refractivity contribution in [3.8, 4) is 0 Å². The highest BCUT2D eigenvalue weighted by atomic mass is 32.2. The molecule has 32 heavy (non-hydrogen) atoms. The Morgan fingerprint density at radius 3 is 1.72 bits per heavy atom. The largest absolute Gasteiger partial charge is 0.398 e. The van der Waals surface area contributed by atoms with Crippen molar-refractivity contribution in [1.29, 1.82) is 0 Å². The van der Waals surface area contributed by atoms with E-state index in [2.05, 4.69) is 12.2 Å². The second kappa shape index (κ2) is 16.1. The van der Waals surface area contributed by atoms with Gasteiger partial charge in [0.05, 0.1) is 4.90 Å². The van der Waals surface area contributed by atoms with Crippen molar-refractivity contribution >= 4 is 27.4 Å². The number of benzene rings is 1. The lowest BCUT2D eigenvalue weighted by atomic mass is 10.0. The molecule has 6 nitrogen and oxygen atoms in total. The molecule has 0 aliphatic rings. The monoisotopic (exact) mass is 468 g/mol. The predicted molar refractivity (Wildman–Crippen MR) is 134 cm³/mol. The lowest BCUT2D eigenvalue weighted by Gasteiger charge is -2.12. The number of amides is 1. The molecule has 0 heterocycles. The van der Waals surface area contributed by atoms with Crippen molar-refractivity contribution in [2.45, 2.75) is 121 Å². The van der Waals surface area contributed by atoms with Gasteiger partial charge in [0, 0.05) is 17.8 Å². The number of nitrogen functional groups attached to an aromatic ring is 1. The number of carbonyl (C=O) groups is 1. The number of hydrogen-bond acceptors (Lipinski definition) is 4. The average molecular weight is 469 g/mol. The normalized spacial score (nSPS) is 11.6. The summed E-state index contributed by atoms with van der Waals surface area (Å²) in [6.45, 7) is 3.96. The Morgan fingerprint density at radius 1 is 0.844 bits per heavy atom. The summed E-state index contributed by atoms with van der Waals surface area (Å²) in [6, 6.07) is 2.43. The molecule has 0 aromatic heterocycles. The van der Waals surface area contributed by atoms with E-state index in [9.17, 15) is 17.8 Å². The van der Waals surface area contributed by atoms with Crippen LogP contribution in [0.5, 0.6) is 0 Å². The van der Waals surface area contributed by atoms with Gasteiger partial charge in [-0.25, -0.2) is 0 Å². The summed E-state index contributed by atoms with van der Waals surface area (Å²) in [4.78, 5) is 11.9. The third-order valence-corrected chi connectivity index (χ3v) is 6.83. The van der Waals surface area contributed by atoms with E-state index < -0.39 is 10.1 Å². The highest BCUT2D eigenvalue weighted by Crippen LogP contribution is 2.26. The molecular formula is C25H44N2O4S. The first-order chi connectivity index (χ1) is 15.3. The number of hydrogen-bond donors (Lipinski definition) is 3. The maximum Gasteiger partial charge on any atom is 0.294 e. The van der Waals surface area contributed by atoms with Crippen LogP contribution in [-0.2, 0) is 14.9 Å². The zero-order chi connectivity index (χ0) is 23.8. The Balaban J connectivity index is 2.09. The second-order valence-corrected chi connectivity index (χ2v) is 10.3. The summed E-state index contributed by atoms with van der Waals surface area (Å²) in [5.74, 6) is -0.172. The molecule has 7 heteroatoms. The lowest BCUT2D eigenvalue weighted by Crippen LogP contribution is -2.13. The van der Waals surface area contributed by atoms with Crippen molar-refractivity contribution < 1.29 is 17.8 Å². The van der Waals surface area contributed by atoms with E-state index in [1.54, 1.807) is 6.92 Å². The topological polar surface area (TPSA) is 109 Å². The zero-order valence-electron chi connectivity index (χ0n) is 20.1. The van der Waals surface area contributed by atoms with Gasteiger partial charge in [0.2, 0.25) is 5.91 Å². The molecule has 1 aromatic carbocycles. The van der Waals surface area contributed by atoms with Gasteiger partial charge in [0.15, 0.2) is 0 Å². The minimum Gasteiger partial charge on any atom is -0.398 e. The number of carbonyl (C=O) groups excluding carboxylic acids is 1. The highest BCUT2D eigenvalue weighted by molar-refractivity contribution is 7.85. The summed E-state index contributed by atoms with van der Waals surface area (Å²) in [5, 5.41) is 2.72. The van der Waals surface area contributed by atoms with Crippen LogP contribution >= 0.6 is 0 Å². The van der Waals surface area contributed by atoms with Gasteiger partial charge in [-0.2, -0.15) is 8.42 Å². The molecule has 0 bridgehead atoms. The quantitative estimate of drug-likeness (QED) is 0.122. The van der Waals surface area contributed by atoms with Crippen LogP contribution in [0.15, 0.2) is 17.0 Å². The SMILES string of the molecule is CCCCCCCCCCCCCCCCCC(=O)Nc1cc(S(=O)(=O)O)cc(N)c1C. The first-order valence-corrected chi connectivity index (χ1v) is 13.9. The summed E-state index contributed by atoms with van der Waals surface area (Å²) < 4.78 is 31.9. The van der Waals surface area contributed by atoms with Crippen LogP contribution in [0, 0.1) is 6.92 Å². The molecule has 1 aromatic rings. The first-order valence-electron chi connectivity index (χ1n) is 12.4. The van der Waals surface area contributed by atoms with Gasteiger partial charge < -0.3 is 11.1 Å². The molecule has 0 saturated carbocycles. The molecule has 0 fully saturated rings. The Hall–Kier alpha value is -1.60. The highest BCUT2D eigenvalue weighted by Gasteiger charge is 2.15. The van der Waals surface area contributed by atoms with Gasteiger partial charge in [-0.05, 0) is 31.0 Å². The van der Waals surface area contributed by atoms with Crippen LogP contribution in [0.3, 0.4) is 0 Å². The lowest BCUT2D eigenvalue weighted by molar-refractivity contribution is -0.116. The molecule has 0 atom stereocenters. The van der Waals surface area contributed by atoms with Crippen LogP contribution < -0.4 is 11.1 Å². The summed E-state index contributed by atoms with van der Waals surface area (Å²) in [5.41, 5.74) is 6.92. The summed E-state index contributed by atoms with van der Waals surface area (Å²) in [6.07, 6.45) is 19.5. The van der Waals surface area contributed by atoms with E-state index in [1.165, 1.54) is 89.2 Å². The Morgan fingerprint density at radius 2 is 1.28 bits per heavy atom. The van der Waals surface area contributed by atoms with Gasteiger partial charge >= 0.3 is 0 Å². The molecule has 0 unspecified atom stereocenters. The maximum atomic E-state index is 12.2. The number of unbranched alkanes of at least 4 members (excludes halogenated alkanes) is 14. The van der Waals surface area contributed by atoms with E-state index >= 15 is 0 Å². The van der Waals surface area contributed by atoms with Crippen LogP contribution in [-0.4, -0.2) is 18.9 Å². The van der Waals surface area contributed by atoms with Crippen LogP contribution in [0.2, 0.25) is 0 Å². The first kappa shape index (κ1) is 28.4. The van der Waals surface area contributed by atoms with Crippen molar-refractivity contribution in [3.63, 3.8) is 0 Å². The van der Waals surface area contributed by atoms with E-state index in [1.807, 2.05) is 0 Å². The van der Waals surface area contributed by atoms with Crippen LogP contribution in [0.4, 0.5) is 11.4 Å². The molecule has 1 amide bonds. The number of nitrogens with two attached hydrogens (primary N) is 1. The van der Waals surface area contributed by atoms with Crippen LogP contribution in [0.25, 0.3) is 0 Å². The Bertz CT molecular complexity index is 778. The fourth-order valence-electron chi connectivity index (χ4n) is 3.86. The van der Waals surface area contributed by atoms with Crippen LogP contribution in [0.1, 0.15) is 115 Å². The molecular weight excluding hydrogens is 424 g/mol. The second-order valence-electron chi connectivity index (χ2n) is 8.91. The van der Waals surface area contributed by atoms with Gasteiger partial charge in [-0.1, -0.05) is 96.8 Å². The third kappa shape index (κ3) is 12.4. The summed E-state index contributed by atoms with van der Waals surface area (Å²) >= 11 is 0. The van der Waals surface area contributed by atoms with E-state index in [4.69, 9.17) is 5.73 Å². The molecule has 0 radical (unpaired) electrons. The summed E-state index contributed by atoms with van der Waals surface area (Å²) in [7, 11) is -4.38. The third-order valence-electron chi connectivity index (χ3n) is 6.00. The van der Waals surface area contributed by atoms with Gasteiger partial charge in [-0.3, -0.25) is 9.35 Å². The molecule has 184 valence electrons. The molecule has 0 spiro atoms. The fourth-order valence-corrected chi connectivity index (χ4v) is 4.40. The smallest absolute Gasteiger partial charge is 0.294 e. The van der Waals surface area contributed by atoms with Gasteiger partial charge in [0.25, 0.3) is 10.1 Å². The molecule has 0 saturated heterocycles. The maximum absolute atomic E-state index is 12.2. The van der Waals surface area contributed by atoms with Crippen molar-refractivity contribution in [3.05, 3.63) is 17.7 Å². The fraction of sp³-hybridized carbons (Fsp3) is 0.720. The molecule has 1 rings (SSSR count). The zero-order valence-corrected chi connectivity index (χ0v) is 20.9. The van der Waals surface area contributed by atoms with E-state index in [0.29, 0.717) is 17.7 Å². The minimum atomic E-state index is -4.38. The van der Waals surface area contributed by atoms with Gasteiger partial charge in [-0.15, -0.1) is 0 Å². The van der Waals surface area contributed by atoms with Crippen molar-refractivity contribution in [2.75, 3.05) is 11.1 Å². The molecule has 0 aliphatic carbocycles. The van der Waals surface area contributed by atoms with Gasteiger partial charge in [0.1, 0.15) is 0 Å². The Kier molecular flexibility index (Phi) is 14.3. The Labute approximate surface area is 195 Å². The number of rotatable bonds is 18. The van der Waals surface area contributed by atoms with Crippen molar-refractivity contribution in [2.24, 2.45) is 0 Å². The van der Waals surface area contributed by atoms with Crippen molar-refractivity contribution in [1.82, 2.24) is 0 Å². The predicted octanol–water partition coefficient (Wildman–Crippen LogP) is 7.02.